The van der Waals surface area contributed by atoms with E-state index in [0.717, 1.165) is 24.0 Å². The molecule has 5 nitrogen and oxygen atoms in total. The topological polar surface area (TPSA) is 55.2 Å². The van der Waals surface area contributed by atoms with Gasteiger partial charge in [0.15, 0.2) is 0 Å². The summed E-state index contributed by atoms with van der Waals surface area (Å²) < 4.78 is 29.3. The molecule has 1 aliphatic heterocycles. The summed E-state index contributed by atoms with van der Waals surface area (Å²) in [5, 5.41) is 0. The van der Waals surface area contributed by atoms with Crippen LogP contribution >= 0.6 is 0 Å². The summed E-state index contributed by atoms with van der Waals surface area (Å²) in [5.74, 6) is 0. The van der Waals surface area contributed by atoms with E-state index in [9.17, 15) is 8.42 Å². The summed E-state index contributed by atoms with van der Waals surface area (Å²) in [5.41, 5.74) is 1.90. The third kappa shape index (κ3) is 2.80. The van der Waals surface area contributed by atoms with Crippen molar-refractivity contribution in [3.8, 4) is 0 Å². The van der Waals surface area contributed by atoms with Crippen LogP contribution in [0.4, 0.5) is 0 Å². The van der Waals surface area contributed by atoms with Crippen molar-refractivity contribution in [3.63, 3.8) is 0 Å². The number of rotatable bonds is 3. The number of imidazole rings is 1. The average molecular weight is 319 g/mol. The molecule has 1 aliphatic rings. The van der Waals surface area contributed by atoms with Crippen LogP contribution < -0.4 is 0 Å². The first-order valence-electron chi connectivity index (χ1n) is 7.53. The third-order valence-electron chi connectivity index (χ3n) is 4.32. The molecule has 1 aromatic heterocycles. The second-order valence-electron chi connectivity index (χ2n) is 5.91. The second-order valence-corrected chi connectivity index (χ2v) is 7.82. The van der Waals surface area contributed by atoms with E-state index in [0.29, 0.717) is 24.0 Å². The number of hydrogen-bond donors (Lipinski definition) is 0. The minimum absolute atomic E-state index is 0.341. The van der Waals surface area contributed by atoms with Crippen LogP contribution in [0.25, 0.3) is 0 Å². The van der Waals surface area contributed by atoms with E-state index in [1.807, 2.05) is 32.2 Å². The Bertz CT molecular complexity index is 746. The monoisotopic (exact) mass is 319 g/mol. The predicted molar refractivity (Wildman–Crippen MR) is 85.2 cm³/mol. The van der Waals surface area contributed by atoms with Gasteiger partial charge in [0.1, 0.15) is 0 Å². The van der Waals surface area contributed by atoms with Crippen LogP contribution in [0.1, 0.15) is 30.0 Å². The molecule has 6 heteroatoms. The van der Waals surface area contributed by atoms with Gasteiger partial charge in [0.2, 0.25) is 10.0 Å². The molecule has 2 aromatic rings. The van der Waals surface area contributed by atoms with E-state index in [2.05, 4.69) is 9.55 Å². The zero-order valence-electron chi connectivity index (χ0n) is 12.9. The molecule has 22 heavy (non-hydrogen) atoms. The Morgan fingerprint density at radius 3 is 2.50 bits per heavy atom. The van der Waals surface area contributed by atoms with Gasteiger partial charge in [-0.3, -0.25) is 0 Å². The van der Waals surface area contributed by atoms with Gasteiger partial charge in [-0.05, 0) is 38.3 Å². The molecule has 0 unspecified atom stereocenters. The highest BCUT2D eigenvalue weighted by atomic mass is 32.2. The van der Waals surface area contributed by atoms with Crippen LogP contribution in [0.15, 0.2) is 41.8 Å². The van der Waals surface area contributed by atoms with E-state index in [1.165, 1.54) is 0 Å². The Balaban J connectivity index is 1.77. The van der Waals surface area contributed by atoms with Gasteiger partial charge in [-0.25, -0.2) is 13.4 Å². The summed E-state index contributed by atoms with van der Waals surface area (Å²) in [4.78, 5) is 4.49. The fourth-order valence-corrected chi connectivity index (χ4v) is 4.77. The Kier molecular flexibility index (Phi) is 4.06. The highest BCUT2D eigenvalue weighted by Gasteiger charge is 2.30. The van der Waals surface area contributed by atoms with Gasteiger partial charge in [-0.2, -0.15) is 4.31 Å². The molecule has 1 aromatic carbocycles. The van der Waals surface area contributed by atoms with Gasteiger partial charge in [0.25, 0.3) is 0 Å². The number of benzene rings is 1. The maximum Gasteiger partial charge on any atom is 0.243 e. The zero-order chi connectivity index (χ0) is 15.7. The summed E-state index contributed by atoms with van der Waals surface area (Å²) in [6.07, 6.45) is 7.15. The number of hydrogen-bond acceptors (Lipinski definition) is 3. The first-order valence-corrected chi connectivity index (χ1v) is 8.97. The minimum atomic E-state index is -3.39. The van der Waals surface area contributed by atoms with Crippen molar-refractivity contribution in [2.24, 2.45) is 0 Å². The van der Waals surface area contributed by atoms with Crippen molar-refractivity contribution in [2.75, 3.05) is 13.1 Å². The van der Waals surface area contributed by atoms with Gasteiger partial charge in [0, 0.05) is 31.5 Å². The van der Waals surface area contributed by atoms with E-state index >= 15 is 0 Å². The lowest BCUT2D eigenvalue weighted by atomic mass is 10.1. The lowest BCUT2D eigenvalue weighted by Crippen LogP contribution is -2.39. The van der Waals surface area contributed by atoms with Gasteiger partial charge in [0.05, 0.1) is 11.2 Å². The van der Waals surface area contributed by atoms with Gasteiger partial charge < -0.3 is 4.57 Å². The maximum atomic E-state index is 12.8. The van der Waals surface area contributed by atoms with Crippen molar-refractivity contribution >= 4 is 10.0 Å². The lowest BCUT2D eigenvalue weighted by molar-refractivity contribution is 0.273. The van der Waals surface area contributed by atoms with Crippen LogP contribution in [0.3, 0.4) is 0 Å². The molecular formula is C16H21N3O2S. The first kappa shape index (κ1) is 15.2. The number of sulfonamides is 1. The number of piperidine rings is 1. The molecule has 0 saturated carbocycles. The summed E-state index contributed by atoms with van der Waals surface area (Å²) in [7, 11) is -3.39. The fourth-order valence-electron chi connectivity index (χ4n) is 3.09. The highest BCUT2D eigenvalue weighted by Crippen LogP contribution is 2.28. The highest BCUT2D eigenvalue weighted by molar-refractivity contribution is 7.89. The zero-order valence-corrected chi connectivity index (χ0v) is 13.8. The van der Waals surface area contributed by atoms with Crippen LogP contribution in [0.5, 0.6) is 0 Å². The SMILES string of the molecule is Cc1ccc(S(=O)(=O)N2CCC(n3ccnc3)CC2)c(C)c1. The molecular weight excluding hydrogens is 298 g/mol. The Labute approximate surface area is 131 Å². The number of aryl methyl sites for hydroxylation is 2. The van der Waals surface area contributed by atoms with Crippen molar-refractivity contribution in [2.45, 2.75) is 37.6 Å². The standard InChI is InChI=1S/C16H21N3O2S/c1-13-3-4-16(14(2)11-13)22(20,21)19-8-5-15(6-9-19)18-10-7-17-12-18/h3-4,7,10-12,15H,5-6,8-9H2,1-2H3. The molecule has 0 radical (unpaired) electrons. The van der Waals surface area contributed by atoms with E-state index in [1.54, 1.807) is 22.9 Å². The molecule has 1 saturated heterocycles. The normalized spacial score (nSPS) is 17.7. The molecule has 2 heterocycles. The predicted octanol–water partition coefficient (Wildman–Crippen LogP) is 2.53. The molecule has 3 rings (SSSR count). The average Bonchev–Trinajstić information content (AvgIpc) is 3.01. The van der Waals surface area contributed by atoms with E-state index in [-0.39, 0.29) is 0 Å². The van der Waals surface area contributed by atoms with Crippen molar-refractivity contribution in [1.82, 2.24) is 13.9 Å². The lowest BCUT2D eigenvalue weighted by Gasteiger charge is -2.32. The quantitative estimate of drug-likeness (QED) is 0.873. The van der Waals surface area contributed by atoms with Crippen molar-refractivity contribution < 1.29 is 8.42 Å². The van der Waals surface area contributed by atoms with E-state index in [4.69, 9.17) is 0 Å². The van der Waals surface area contributed by atoms with E-state index < -0.39 is 10.0 Å². The summed E-state index contributed by atoms with van der Waals surface area (Å²) >= 11 is 0. The summed E-state index contributed by atoms with van der Waals surface area (Å²) in [6, 6.07) is 5.85. The number of nitrogens with zero attached hydrogens (tertiary/aromatic N) is 3. The molecule has 0 atom stereocenters. The molecule has 0 spiro atoms. The largest absolute Gasteiger partial charge is 0.334 e. The van der Waals surface area contributed by atoms with Crippen LogP contribution in [-0.4, -0.2) is 35.4 Å². The van der Waals surface area contributed by atoms with Gasteiger partial charge in [-0.1, -0.05) is 17.7 Å². The summed E-state index contributed by atoms with van der Waals surface area (Å²) in [6.45, 7) is 4.94. The maximum absolute atomic E-state index is 12.8. The molecule has 0 bridgehead atoms. The molecule has 0 amide bonds. The van der Waals surface area contributed by atoms with Crippen LogP contribution in [0.2, 0.25) is 0 Å². The smallest absolute Gasteiger partial charge is 0.243 e. The van der Waals surface area contributed by atoms with Gasteiger partial charge >= 0.3 is 0 Å². The van der Waals surface area contributed by atoms with Crippen molar-refractivity contribution in [3.05, 3.63) is 48.0 Å². The Morgan fingerprint density at radius 2 is 1.91 bits per heavy atom. The Hall–Kier alpha value is -1.66. The van der Waals surface area contributed by atoms with Crippen LogP contribution in [-0.2, 0) is 10.0 Å². The van der Waals surface area contributed by atoms with Crippen molar-refractivity contribution in [1.29, 1.82) is 0 Å². The Morgan fingerprint density at radius 1 is 1.18 bits per heavy atom. The first-order chi connectivity index (χ1) is 10.5. The molecule has 0 aliphatic carbocycles. The number of aromatic nitrogens is 2. The molecule has 118 valence electrons. The van der Waals surface area contributed by atoms with Crippen LogP contribution in [0, 0.1) is 13.8 Å². The fraction of sp³-hybridized carbons (Fsp3) is 0.438. The van der Waals surface area contributed by atoms with Gasteiger partial charge in [-0.15, -0.1) is 0 Å². The second kappa shape index (κ2) is 5.85. The molecule has 1 fully saturated rings. The third-order valence-corrected chi connectivity index (χ3v) is 6.38. The molecule has 0 N–H and O–H groups in total. The minimum Gasteiger partial charge on any atom is -0.334 e.